The molecule has 124 valence electrons. The molecule has 0 heterocycles. The molecule has 23 heavy (non-hydrogen) atoms. The largest absolute Gasteiger partial charge is 0.396 e. The van der Waals surface area contributed by atoms with Crippen molar-refractivity contribution in [3.63, 3.8) is 0 Å². The van der Waals surface area contributed by atoms with Crippen LogP contribution < -0.4 is 4.72 Å². The molecule has 6 heteroatoms. The fourth-order valence-corrected chi connectivity index (χ4v) is 3.60. The number of benzene rings is 2. The van der Waals surface area contributed by atoms with Crippen LogP contribution in [0.2, 0.25) is 5.02 Å². The number of sulfonamides is 1. The molecule has 4 nitrogen and oxygen atoms in total. The predicted molar refractivity (Wildman–Crippen MR) is 92.1 cm³/mol. The molecule has 0 amide bonds. The molecule has 1 unspecified atom stereocenters. The highest BCUT2D eigenvalue weighted by Crippen LogP contribution is 2.23. The van der Waals surface area contributed by atoms with Crippen LogP contribution in [0.4, 0.5) is 0 Å². The van der Waals surface area contributed by atoms with Gasteiger partial charge in [-0.2, -0.15) is 0 Å². The number of rotatable bonds is 8. The van der Waals surface area contributed by atoms with Crippen LogP contribution in [0.5, 0.6) is 0 Å². The summed E-state index contributed by atoms with van der Waals surface area (Å²) in [4.78, 5) is 0.195. The van der Waals surface area contributed by atoms with Crippen molar-refractivity contribution >= 4 is 21.6 Å². The Morgan fingerprint density at radius 2 is 1.65 bits per heavy atom. The molecule has 0 aliphatic carbocycles. The Bertz CT molecular complexity index is 702. The van der Waals surface area contributed by atoms with Gasteiger partial charge in [-0.05, 0) is 48.6 Å². The summed E-state index contributed by atoms with van der Waals surface area (Å²) in [6.45, 7) is 0.383. The van der Waals surface area contributed by atoms with E-state index in [-0.39, 0.29) is 17.4 Å². The maximum absolute atomic E-state index is 12.2. The van der Waals surface area contributed by atoms with E-state index in [1.807, 2.05) is 30.3 Å². The zero-order valence-electron chi connectivity index (χ0n) is 12.7. The van der Waals surface area contributed by atoms with Crippen molar-refractivity contribution in [2.45, 2.75) is 23.7 Å². The van der Waals surface area contributed by atoms with E-state index in [1.165, 1.54) is 12.1 Å². The smallest absolute Gasteiger partial charge is 0.240 e. The van der Waals surface area contributed by atoms with Crippen LogP contribution in [0.3, 0.4) is 0 Å². The highest BCUT2D eigenvalue weighted by Gasteiger charge is 2.16. The lowest BCUT2D eigenvalue weighted by molar-refractivity contribution is 0.273. The first-order valence-corrected chi connectivity index (χ1v) is 9.30. The summed E-state index contributed by atoms with van der Waals surface area (Å²) < 4.78 is 27.0. The molecule has 0 aliphatic rings. The zero-order chi connectivity index (χ0) is 16.7. The average Bonchev–Trinajstić information content (AvgIpc) is 2.55. The molecule has 2 aromatic rings. The summed E-state index contributed by atoms with van der Waals surface area (Å²) >= 11 is 5.77. The second-order valence-corrected chi connectivity index (χ2v) is 7.46. The lowest BCUT2D eigenvalue weighted by Crippen LogP contribution is -2.26. The van der Waals surface area contributed by atoms with Gasteiger partial charge in [0.05, 0.1) is 4.90 Å². The SMILES string of the molecule is O=S(=O)(NCCC(CCO)c1ccccc1)c1ccc(Cl)cc1. The van der Waals surface area contributed by atoms with Gasteiger partial charge in [-0.25, -0.2) is 13.1 Å². The van der Waals surface area contributed by atoms with Gasteiger partial charge in [-0.3, -0.25) is 0 Å². The fraction of sp³-hybridized carbons (Fsp3) is 0.294. The topological polar surface area (TPSA) is 66.4 Å². The molecule has 0 fully saturated rings. The lowest BCUT2D eigenvalue weighted by Gasteiger charge is -2.16. The molecular weight excluding hydrogens is 334 g/mol. The van der Waals surface area contributed by atoms with Crippen LogP contribution >= 0.6 is 11.6 Å². The molecule has 0 saturated heterocycles. The van der Waals surface area contributed by atoms with E-state index in [2.05, 4.69) is 4.72 Å². The quantitative estimate of drug-likeness (QED) is 0.766. The highest BCUT2D eigenvalue weighted by molar-refractivity contribution is 7.89. The predicted octanol–water partition coefficient (Wildman–Crippen LogP) is 3.17. The minimum Gasteiger partial charge on any atom is -0.396 e. The van der Waals surface area contributed by atoms with Gasteiger partial charge in [-0.1, -0.05) is 41.9 Å². The van der Waals surface area contributed by atoms with Gasteiger partial charge < -0.3 is 5.11 Å². The molecule has 0 radical (unpaired) electrons. The molecule has 2 aromatic carbocycles. The Labute approximate surface area is 142 Å². The van der Waals surface area contributed by atoms with Gasteiger partial charge in [0.1, 0.15) is 0 Å². The molecule has 0 spiro atoms. The Morgan fingerprint density at radius 3 is 2.26 bits per heavy atom. The Balaban J connectivity index is 1.97. The van der Waals surface area contributed by atoms with Crippen molar-refractivity contribution in [2.24, 2.45) is 0 Å². The molecule has 2 rings (SSSR count). The summed E-state index contributed by atoms with van der Waals surface area (Å²) in [5.41, 5.74) is 1.10. The monoisotopic (exact) mass is 353 g/mol. The van der Waals surface area contributed by atoms with E-state index < -0.39 is 10.0 Å². The van der Waals surface area contributed by atoms with Crippen molar-refractivity contribution in [3.8, 4) is 0 Å². The number of aliphatic hydroxyl groups excluding tert-OH is 1. The Morgan fingerprint density at radius 1 is 1.00 bits per heavy atom. The van der Waals surface area contributed by atoms with E-state index in [0.717, 1.165) is 5.56 Å². The van der Waals surface area contributed by atoms with Gasteiger partial charge in [-0.15, -0.1) is 0 Å². The van der Waals surface area contributed by atoms with Crippen molar-refractivity contribution in [1.82, 2.24) is 4.72 Å². The van der Waals surface area contributed by atoms with Gasteiger partial charge in [0.2, 0.25) is 10.0 Å². The standard InChI is InChI=1S/C17H20ClNO3S/c18-16-6-8-17(9-7-16)23(21,22)19-12-10-15(11-13-20)14-4-2-1-3-5-14/h1-9,15,19-20H,10-13H2. The minimum atomic E-state index is -3.54. The first kappa shape index (κ1) is 17.9. The average molecular weight is 354 g/mol. The van der Waals surface area contributed by atoms with Crippen LogP contribution in [0, 0.1) is 0 Å². The van der Waals surface area contributed by atoms with Gasteiger partial charge in [0, 0.05) is 18.2 Å². The van der Waals surface area contributed by atoms with Crippen LogP contribution in [0.1, 0.15) is 24.3 Å². The van der Waals surface area contributed by atoms with Crippen molar-refractivity contribution < 1.29 is 13.5 Å². The van der Waals surface area contributed by atoms with E-state index >= 15 is 0 Å². The zero-order valence-corrected chi connectivity index (χ0v) is 14.2. The Hall–Kier alpha value is -1.40. The number of hydrogen-bond acceptors (Lipinski definition) is 3. The molecule has 1 atom stereocenters. The minimum absolute atomic E-state index is 0.0729. The van der Waals surface area contributed by atoms with Crippen LogP contribution in [0.25, 0.3) is 0 Å². The third-order valence-corrected chi connectivity index (χ3v) is 5.39. The summed E-state index contributed by atoms with van der Waals surface area (Å²) in [6, 6.07) is 15.9. The second kappa shape index (κ2) is 8.45. The van der Waals surface area contributed by atoms with Crippen molar-refractivity contribution in [2.75, 3.05) is 13.2 Å². The summed E-state index contributed by atoms with van der Waals surface area (Å²) in [7, 11) is -3.54. The number of aliphatic hydroxyl groups is 1. The first-order chi connectivity index (χ1) is 11.0. The molecule has 0 aliphatic heterocycles. The highest BCUT2D eigenvalue weighted by atomic mass is 35.5. The normalized spacial score (nSPS) is 13.0. The fourth-order valence-electron chi connectivity index (χ4n) is 2.42. The molecule has 0 saturated carbocycles. The number of hydrogen-bond donors (Lipinski definition) is 2. The molecular formula is C17H20ClNO3S. The molecule has 0 bridgehead atoms. The Kier molecular flexibility index (Phi) is 6.59. The third kappa shape index (κ3) is 5.32. The molecule has 0 aromatic heterocycles. The molecule has 2 N–H and O–H groups in total. The first-order valence-electron chi connectivity index (χ1n) is 7.44. The summed E-state index contributed by atoms with van der Waals surface area (Å²) in [6.07, 6.45) is 1.23. The van der Waals surface area contributed by atoms with Crippen molar-refractivity contribution in [3.05, 3.63) is 65.2 Å². The number of nitrogens with one attached hydrogen (secondary N) is 1. The van der Waals surface area contributed by atoms with E-state index in [9.17, 15) is 13.5 Å². The van der Waals surface area contributed by atoms with E-state index in [1.54, 1.807) is 12.1 Å². The van der Waals surface area contributed by atoms with Crippen molar-refractivity contribution in [1.29, 1.82) is 0 Å². The maximum Gasteiger partial charge on any atom is 0.240 e. The second-order valence-electron chi connectivity index (χ2n) is 5.26. The third-order valence-electron chi connectivity index (χ3n) is 3.66. The number of halogens is 1. The van der Waals surface area contributed by atoms with Gasteiger partial charge in [0.15, 0.2) is 0 Å². The van der Waals surface area contributed by atoms with Gasteiger partial charge in [0.25, 0.3) is 0 Å². The maximum atomic E-state index is 12.2. The van der Waals surface area contributed by atoms with Gasteiger partial charge >= 0.3 is 0 Å². The van der Waals surface area contributed by atoms with Crippen LogP contribution in [-0.2, 0) is 10.0 Å². The van der Waals surface area contributed by atoms with Crippen LogP contribution in [0.15, 0.2) is 59.5 Å². The van der Waals surface area contributed by atoms with Crippen LogP contribution in [-0.4, -0.2) is 26.7 Å². The lowest BCUT2D eigenvalue weighted by atomic mass is 9.93. The summed E-state index contributed by atoms with van der Waals surface area (Å²) in [5, 5.41) is 9.71. The van der Waals surface area contributed by atoms with E-state index in [0.29, 0.717) is 24.4 Å². The van der Waals surface area contributed by atoms with E-state index in [4.69, 9.17) is 11.6 Å². The summed E-state index contributed by atoms with van der Waals surface area (Å²) in [5.74, 6) is 0.120.